The molecule has 118 valence electrons. The summed E-state index contributed by atoms with van der Waals surface area (Å²) in [5, 5.41) is 12.2. The van der Waals surface area contributed by atoms with Gasteiger partial charge >= 0.3 is 0 Å². The number of nitrogens with zero attached hydrogens (tertiary/aromatic N) is 5. The van der Waals surface area contributed by atoms with Crippen LogP contribution in [0.5, 0.6) is 0 Å². The maximum absolute atomic E-state index is 12.2. The Balaban J connectivity index is 1.99. The lowest BCUT2D eigenvalue weighted by atomic mass is 9.93. The van der Waals surface area contributed by atoms with Crippen LogP contribution in [0.1, 0.15) is 13.8 Å². The van der Waals surface area contributed by atoms with Crippen molar-refractivity contribution in [2.45, 2.75) is 20.4 Å². The quantitative estimate of drug-likeness (QED) is 0.851. The zero-order valence-electron chi connectivity index (χ0n) is 13.2. The topological polar surface area (TPSA) is 89.9 Å². The van der Waals surface area contributed by atoms with Gasteiger partial charge in [-0.2, -0.15) is 4.80 Å². The Morgan fingerprint density at radius 2 is 2.00 bits per heavy atom. The second-order valence-corrected chi connectivity index (χ2v) is 6.13. The van der Waals surface area contributed by atoms with Crippen molar-refractivity contribution in [1.82, 2.24) is 25.1 Å². The van der Waals surface area contributed by atoms with Gasteiger partial charge in [-0.3, -0.25) is 4.79 Å². The van der Waals surface area contributed by atoms with E-state index in [1.165, 1.54) is 4.80 Å². The van der Waals surface area contributed by atoms with E-state index in [4.69, 9.17) is 5.73 Å². The number of rotatable bonds is 6. The van der Waals surface area contributed by atoms with Gasteiger partial charge in [0.05, 0.1) is 0 Å². The van der Waals surface area contributed by atoms with Gasteiger partial charge in [0.2, 0.25) is 11.7 Å². The molecule has 0 saturated carbocycles. The SMILES string of the molecule is CN(CC(C)(C)CN)C(=O)Cn1nnc(-c2ccccc2)n1. The Bertz CT molecular complexity index is 622. The molecule has 0 bridgehead atoms. The number of aromatic nitrogens is 4. The highest BCUT2D eigenvalue weighted by atomic mass is 16.2. The van der Waals surface area contributed by atoms with Crippen molar-refractivity contribution < 1.29 is 4.79 Å². The van der Waals surface area contributed by atoms with Gasteiger partial charge in [-0.25, -0.2) is 0 Å². The summed E-state index contributed by atoms with van der Waals surface area (Å²) < 4.78 is 0. The van der Waals surface area contributed by atoms with Gasteiger partial charge in [0, 0.05) is 19.2 Å². The first kappa shape index (κ1) is 16.1. The molecule has 7 heteroatoms. The molecule has 1 aromatic carbocycles. The van der Waals surface area contributed by atoms with E-state index in [2.05, 4.69) is 15.4 Å². The fraction of sp³-hybridized carbons (Fsp3) is 0.467. The predicted octanol–water partition coefficient (Wildman–Crippen LogP) is 0.783. The number of benzene rings is 1. The van der Waals surface area contributed by atoms with Crippen molar-refractivity contribution in [3.63, 3.8) is 0 Å². The molecule has 0 aliphatic rings. The second kappa shape index (κ2) is 6.65. The van der Waals surface area contributed by atoms with E-state index in [9.17, 15) is 4.79 Å². The Morgan fingerprint density at radius 3 is 2.64 bits per heavy atom. The largest absolute Gasteiger partial charge is 0.344 e. The number of carbonyl (C=O) groups is 1. The molecular formula is C15H22N6O. The second-order valence-electron chi connectivity index (χ2n) is 6.13. The third-order valence-electron chi connectivity index (χ3n) is 3.41. The summed E-state index contributed by atoms with van der Waals surface area (Å²) in [7, 11) is 1.76. The average Bonchev–Trinajstić information content (AvgIpc) is 2.96. The van der Waals surface area contributed by atoms with E-state index in [1.54, 1.807) is 11.9 Å². The van der Waals surface area contributed by atoms with Crippen molar-refractivity contribution in [2.24, 2.45) is 11.1 Å². The fourth-order valence-electron chi connectivity index (χ4n) is 2.05. The number of tetrazole rings is 1. The zero-order chi connectivity index (χ0) is 16.2. The molecule has 2 rings (SSSR count). The summed E-state index contributed by atoms with van der Waals surface area (Å²) in [6.45, 7) is 5.22. The van der Waals surface area contributed by atoms with Crippen molar-refractivity contribution in [2.75, 3.05) is 20.1 Å². The predicted molar refractivity (Wildman–Crippen MR) is 83.7 cm³/mol. The van der Waals surface area contributed by atoms with Crippen LogP contribution < -0.4 is 5.73 Å². The minimum atomic E-state index is -0.116. The van der Waals surface area contributed by atoms with Crippen LogP contribution in [-0.4, -0.2) is 51.2 Å². The monoisotopic (exact) mass is 302 g/mol. The summed E-state index contributed by atoms with van der Waals surface area (Å²) in [6.07, 6.45) is 0. The van der Waals surface area contributed by atoms with Crippen molar-refractivity contribution in [3.05, 3.63) is 30.3 Å². The number of carbonyl (C=O) groups excluding carboxylic acids is 1. The minimum absolute atomic E-state index is 0.0665. The Hall–Kier alpha value is -2.28. The highest BCUT2D eigenvalue weighted by Crippen LogP contribution is 2.14. The first-order valence-electron chi connectivity index (χ1n) is 7.18. The summed E-state index contributed by atoms with van der Waals surface area (Å²) in [6, 6.07) is 9.54. The molecule has 1 amide bonds. The van der Waals surface area contributed by atoms with Gasteiger partial charge in [-0.1, -0.05) is 44.2 Å². The summed E-state index contributed by atoms with van der Waals surface area (Å²) >= 11 is 0. The molecule has 0 aliphatic heterocycles. The smallest absolute Gasteiger partial charge is 0.246 e. The molecule has 2 aromatic rings. The minimum Gasteiger partial charge on any atom is -0.344 e. The van der Waals surface area contributed by atoms with E-state index >= 15 is 0 Å². The Labute approximate surface area is 130 Å². The molecule has 0 radical (unpaired) electrons. The molecular weight excluding hydrogens is 280 g/mol. The van der Waals surface area contributed by atoms with E-state index in [0.717, 1.165) is 5.56 Å². The van der Waals surface area contributed by atoms with Crippen LogP contribution >= 0.6 is 0 Å². The van der Waals surface area contributed by atoms with E-state index in [-0.39, 0.29) is 17.9 Å². The van der Waals surface area contributed by atoms with Gasteiger partial charge in [0.15, 0.2) is 0 Å². The molecule has 2 N–H and O–H groups in total. The zero-order valence-corrected chi connectivity index (χ0v) is 13.2. The van der Waals surface area contributed by atoms with Crippen LogP contribution in [0.3, 0.4) is 0 Å². The molecule has 1 heterocycles. The van der Waals surface area contributed by atoms with E-state index in [1.807, 2.05) is 44.2 Å². The fourth-order valence-corrected chi connectivity index (χ4v) is 2.05. The lowest BCUT2D eigenvalue weighted by Crippen LogP contribution is -2.41. The molecule has 0 aliphatic carbocycles. The lowest BCUT2D eigenvalue weighted by molar-refractivity contribution is -0.132. The number of likely N-dealkylation sites (N-methyl/N-ethyl adjacent to an activating group) is 1. The normalized spacial score (nSPS) is 11.5. The highest BCUT2D eigenvalue weighted by molar-refractivity contribution is 5.75. The van der Waals surface area contributed by atoms with Crippen molar-refractivity contribution in [3.8, 4) is 11.4 Å². The first-order valence-corrected chi connectivity index (χ1v) is 7.18. The van der Waals surface area contributed by atoms with E-state index in [0.29, 0.717) is 18.9 Å². The Kier molecular flexibility index (Phi) is 4.87. The summed E-state index contributed by atoms with van der Waals surface area (Å²) in [5.41, 5.74) is 6.46. The van der Waals surface area contributed by atoms with Gasteiger partial charge in [0.1, 0.15) is 6.54 Å². The van der Waals surface area contributed by atoms with E-state index < -0.39 is 0 Å². The highest BCUT2D eigenvalue weighted by Gasteiger charge is 2.21. The number of amides is 1. The molecule has 0 spiro atoms. The summed E-state index contributed by atoms with van der Waals surface area (Å²) in [5.74, 6) is 0.442. The van der Waals surface area contributed by atoms with Gasteiger partial charge in [-0.15, -0.1) is 10.2 Å². The molecule has 0 atom stereocenters. The molecule has 0 saturated heterocycles. The van der Waals surface area contributed by atoms with Crippen LogP contribution in [-0.2, 0) is 11.3 Å². The average molecular weight is 302 g/mol. The molecule has 0 unspecified atom stereocenters. The maximum atomic E-state index is 12.2. The van der Waals surface area contributed by atoms with Crippen LogP contribution in [0.2, 0.25) is 0 Å². The number of hydrogen-bond donors (Lipinski definition) is 1. The number of nitrogens with two attached hydrogens (primary N) is 1. The van der Waals surface area contributed by atoms with Crippen LogP contribution in [0.25, 0.3) is 11.4 Å². The molecule has 0 fully saturated rings. The molecule has 22 heavy (non-hydrogen) atoms. The third-order valence-corrected chi connectivity index (χ3v) is 3.41. The molecule has 7 nitrogen and oxygen atoms in total. The van der Waals surface area contributed by atoms with Crippen LogP contribution in [0.15, 0.2) is 30.3 Å². The van der Waals surface area contributed by atoms with Crippen LogP contribution in [0.4, 0.5) is 0 Å². The third kappa shape index (κ3) is 4.11. The van der Waals surface area contributed by atoms with Gasteiger partial charge in [0.25, 0.3) is 0 Å². The van der Waals surface area contributed by atoms with Crippen molar-refractivity contribution in [1.29, 1.82) is 0 Å². The maximum Gasteiger partial charge on any atom is 0.246 e. The Morgan fingerprint density at radius 1 is 1.32 bits per heavy atom. The molecule has 1 aromatic heterocycles. The standard InChI is InChI=1S/C15H22N6O/c1-15(2,10-16)11-20(3)13(22)9-21-18-14(17-19-21)12-7-5-4-6-8-12/h4-8H,9-11,16H2,1-3H3. The lowest BCUT2D eigenvalue weighted by Gasteiger charge is -2.28. The van der Waals surface area contributed by atoms with Gasteiger partial charge in [-0.05, 0) is 17.2 Å². The summed E-state index contributed by atoms with van der Waals surface area (Å²) in [4.78, 5) is 15.2. The first-order chi connectivity index (χ1) is 10.4. The van der Waals surface area contributed by atoms with Crippen molar-refractivity contribution >= 4 is 5.91 Å². The van der Waals surface area contributed by atoms with Gasteiger partial charge < -0.3 is 10.6 Å². The van der Waals surface area contributed by atoms with Crippen LogP contribution in [0, 0.1) is 5.41 Å². The number of hydrogen-bond acceptors (Lipinski definition) is 5.